The molecule has 0 radical (unpaired) electrons. The molecule has 7 unspecified atom stereocenters. The highest BCUT2D eigenvalue weighted by Crippen LogP contribution is 2.24. The molecular formula is C72H139NO8. The van der Waals surface area contributed by atoms with Crippen LogP contribution in [0.4, 0.5) is 0 Å². The topological polar surface area (TPSA) is 149 Å². The van der Waals surface area contributed by atoms with Crippen LogP contribution in [0.2, 0.25) is 0 Å². The molecule has 1 amide bonds. The number of amides is 1. The number of hydrogen-bond donors (Lipinski definition) is 6. The van der Waals surface area contributed by atoms with E-state index in [9.17, 15) is 30.3 Å². The Kier molecular flexibility index (Phi) is 59.2. The third kappa shape index (κ3) is 50.5. The van der Waals surface area contributed by atoms with Crippen molar-refractivity contribution in [3.8, 4) is 0 Å². The Morgan fingerprint density at radius 1 is 0.407 bits per heavy atom. The van der Waals surface area contributed by atoms with E-state index in [2.05, 4.69) is 31.3 Å². The van der Waals surface area contributed by atoms with Crippen LogP contribution in [0.1, 0.15) is 373 Å². The highest BCUT2D eigenvalue weighted by atomic mass is 16.7. The summed E-state index contributed by atoms with van der Waals surface area (Å²) < 4.78 is 11.3. The Morgan fingerprint density at radius 2 is 0.691 bits per heavy atom. The van der Waals surface area contributed by atoms with Crippen molar-refractivity contribution in [3.63, 3.8) is 0 Å². The van der Waals surface area contributed by atoms with Crippen molar-refractivity contribution >= 4 is 5.91 Å². The second kappa shape index (κ2) is 61.7. The van der Waals surface area contributed by atoms with Crippen molar-refractivity contribution in [1.82, 2.24) is 5.32 Å². The maximum Gasteiger partial charge on any atom is 0.220 e. The van der Waals surface area contributed by atoms with E-state index in [-0.39, 0.29) is 12.5 Å². The van der Waals surface area contributed by atoms with Gasteiger partial charge in [-0.15, -0.1) is 0 Å². The van der Waals surface area contributed by atoms with Crippen LogP contribution in [0, 0.1) is 0 Å². The smallest absolute Gasteiger partial charge is 0.220 e. The zero-order valence-electron chi connectivity index (χ0n) is 53.8. The second-order valence-corrected chi connectivity index (χ2v) is 25.4. The number of allylic oxidation sites excluding steroid dienone is 3. The first kappa shape index (κ1) is 77.7. The summed E-state index contributed by atoms with van der Waals surface area (Å²) in [5, 5.41) is 54.8. The van der Waals surface area contributed by atoms with Gasteiger partial charge in [0.05, 0.1) is 25.4 Å². The van der Waals surface area contributed by atoms with E-state index in [4.69, 9.17) is 9.47 Å². The van der Waals surface area contributed by atoms with E-state index in [1.54, 1.807) is 6.08 Å². The van der Waals surface area contributed by atoms with E-state index in [1.165, 1.54) is 315 Å². The molecule has 0 bridgehead atoms. The Labute approximate surface area is 502 Å². The normalized spacial score (nSPS) is 18.4. The van der Waals surface area contributed by atoms with Crippen LogP contribution in [-0.2, 0) is 14.3 Å². The molecule has 9 heteroatoms. The summed E-state index contributed by atoms with van der Waals surface area (Å²) in [4.78, 5) is 13.1. The third-order valence-corrected chi connectivity index (χ3v) is 17.5. The molecule has 7 atom stereocenters. The summed E-state index contributed by atoms with van der Waals surface area (Å²) in [6.07, 6.45) is 74.4. The van der Waals surface area contributed by atoms with Crippen molar-refractivity contribution in [2.45, 2.75) is 416 Å². The lowest BCUT2D eigenvalue weighted by atomic mass is 9.99. The van der Waals surface area contributed by atoms with Gasteiger partial charge in [0, 0.05) is 6.42 Å². The molecule has 6 N–H and O–H groups in total. The lowest BCUT2D eigenvalue weighted by Gasteiger charge is -2.40. The fourth-order valence-electron chi connectivity index (χ4n) is 11.9. The fraction of sp³-hybridized carbons (Fsp3) is 0.931. The molecule has 1 heterocycles. The van der Waals surface area contributed by atoms with Crippen LogP contribution in [0.15, 0.2) is 24.3 Å². The summed E-state index contributed by atoms with van der Waals surface area (Å²) in [7, 11) is 0. The van der Waals surface area contributed by atoms with Crippen LogP contribution in [0.5, 0.6) is 0 Å². The van der Waals surface area contributed by atoms with Gasteiger partial charge < -0.3 is 40.3 Å². The SMILES string of the molecule is CCCCCCCCCC/C=C\CCCCCCCCCCCCCCCCCC(=O)NC(COC1OC(CO)C(O)C(O)C1O)C(O)/C=C/CCCCCCCCCCCCCCCCCCCCCCCCCCCCCCC. The van der Waals surface area contributed by atoms with E-state index in [0.717, 1.165) is 38.5 Å². The zero-order valence-corrected chi connectivity index (χ0v) is 53.8. The molecule has 0 aromatic heterocycles. The minimum absolute atomic E-state index is 0.169. The molecule has 0 aromatic carbocycles. The van der Waals surface area contributed by atoms with E-state index < -0.39 is 49.5 Å². The summed E-state index contributed by atoms with van der Waals surface area (Å²) >= 11 is 0. The van der Waals surface area contributed by atoms with Crippen LogP contribution in [0.25, 0.3) is 0 Å². The monoisotopic (exact) mass is 1150 g/mol. The van der Waals surface area contributed by atoms with Gasteiger partial charge in [0.1, 0.15) is 24.4 Å². The predicted octanol–water partition coefficient (Wildman–Crippen LogP) is 19.6. The number of aliphatic hydroxyl groups is 5. The van der Waals surface area contributed by atoms with Crippen molar-refractivity contribution in [2.24, 2.45) is 0 Å². The first-order chi connectivity index (χ1) is 39.8. The Bertz CT molecular complexity index is 1330. The molecule has 0 aliphatic carbocycles. The van der Waals surface area contributed by atoms with E-state index >= 15 is 0 Å². The maximum atomic E-state index is 13.1. The van der Waals surface area contributed by atoms with Gasteiger partial charge in [0.2, 0.25) is 5.91 Å². The lowest BCUT2D eigenvalue weighted by Crippen LogP contribution is -2.60. The average molecular weight is 1150 g/mol. The minimum atomic E-state index is -1.57. The highest BCUT2D eigenvalue weighted by molar-refractivity contribution is 5.76. The highest BCUT2D eigenvalue weighted by Gasteiger charge is 2.44. The standard InChI is InChI=1S/C72H139NO8/c1-3-5-7-9-11-13-15-17-19-21-23-25-27-29-31-32-33-34-36-37-39-41-43-45-47-49-51-53-55-57-59-61-66(75)65(64-80-72-71(79)70(78)69(77)67(63-74)81-72)73-68(76)62-60-58-56-54-52-50-48-46-44-42-40-38-35-30-28-26-24-22-20-18-16-14-12-10-8-6-4-2/h22,24,59,61,65-67,69-72,74-75,77-79H,3-21,23,25-58,60,62-64H2,1-2H3,(H,73,76)/b24-22-,61-59+. The molecule has 81 heavy (non-hydrogen) atoms. The number of hydrogen-bond acceptors (Lipinski definition) is 8. The summed E-state index contributed by atoms with van der Waals surface area (Å²) in [6.45, 7) is 3.84. The van der Waals surface area contributed by atoms with Crippen molar-refractivity contribution in [2.75, 3.05) is 13.2 Å². The zero-order chi connectivity index (χ0) is 58.6. The van der Waals surface area contributed by atoms with Gasteiger partial charge in [-0.1, -0.05) is 346 Å². The average Bonchev–Trinajstić information content (AvgIpc) is 3.48. The van der Waals surface area contributed by atoms with Gasteiger partial charge in [-0.2, -0.15) is 0 Å². The molecule has 0 saturated carbocycles. The van der Waals surface area contributed by atoms with E-state index in [1.807, 2.05) is 6.08 Å². The number of carbonyl (C=O) groups is 1. The molecule has 1 fully saturated rings. The lowest BCUT2D eigenvalue weighted by molar-refractivity contribution is -0.302. The van der Waals surface area contributed by atoms with Crippen LogP contribution >= 0.6 is 0 Å². The quantitative estimate of drug-likeness (QED) is 0.0261. The number of unbranched alkanes of at least 4 members (excludes halogenated alkanes) is 52. The van der Waals surface area contributed by atoms with Crippen molar-refractivity contribution in [1.29, 1.82) is 0 Å². The summed E-state index contributed by atoms with van der Waals surface area (Å²) in [5.41, 5.74) is 0. The summed E-state index contributed by atoms with van der Waals surface area (Å²) in [6, 6.07) is -0.804. The molecule has 0 spiro atoms. The van der Waals surface area contributed by atoms with Gasteiger partial charge >= 0.3 is 0 Å². The van der Waals surface area contributed by atoms with Gasteiger partial charge in [0.25, 0.3) is 0 Å². The Morgan fingerprint density at radius 3 is 1.00 bits per heavy atom. The molecule has 1 rings (SSSR count). The number of carbonyl (C=O) groups excluding carboxylic acids is 1. The third-order valence-electron chi connectivity index (χ3n) is 17.5. The van der Waals surface area contributed by atoms with Crippen LogP contribution in [-0.4, -0.2) is 87.5 Å². The molecule has 1 aliphatic heterocycles. The van der Waals surface area contributed by atoms with E-state index in [0.29, 0.717) is 6.42 Å². The molecule has 0 aromatic rings. The van der Waals surface area contributed by atoms with Crippen LogP contribution in [0.3, 0.4) is 0 Å². The first-order valence-corrected chi connectivity index (χ1v) is 36.1. The van der Waals surface area contributed by atoms with Gasteiger partial charge in [0.15, 0.2) is 6.29 Å². The number of aliphatic hydroxyl groups excluding tert-OH is 5. The Hall–Kier alpha value is -1.33. The number of rotatable bonds is 64. The fourth-order valence-corrected chi connectivity index (χ4v) is 11.9. The second-order valence-electron chi connectivity index (χ2n) is 25.4. The summed E-state index contributed by atoms with van der Waals surface area (Å²) in [5.74, 6) is -0.169. The molecule has 9 nitrogen and oxygen atoms in total. The molecule has 1 aliphatic rings. The largest absolute Gasteiger partial charge is 0.394 e. The Balaban J connectivity index is 2.11. The number of nitrogens with one attached hydrogen (secondary N) is 1. The van der Waals surface area contributed by atoms with Crippen molar-refractivity contribution < 1.29 is 39.8 Å². The van der Waals surface area contributed by atoms with Crippen LogP contribution < -0.4 is 5.32 Å². The maximum absolute atomic E-state index is 13.1. The van der Waals surface area contributed by atoms with Gasteiger partial charge in [-0.25, -0.2) is 0 Å². The molecule has 1 saturated heterocycles. The van der Waals surface area contributed by atoms with Gasteiger partial charge in [-0.3, -0.25) is 4.79 Å². The number of ether oxygens (including phenoxy) is 2. The molecular weight excluding hydrogens is 1010 g/mol. The first-order valence-electron chi connectivity index (χ1n) is 36.1. The minimum Gasteiger partial charge on any atom is -0.394 e. The van der Waals surface area contributed by atoms with Crippen molar-refractivity contribution in [3.05, 3.63) is 24.3 Å². The predicted molar refractivity (Wildman–Crippen MR) is 346 cm³/mol. The van der Waals surface area contributed by atoms with Gasteiger partial charge in [-0.05, 0) is 44.9 Å². The molecule has 480 valence electrons.